The highest BCUT2D eigenvalue weighted by Crippen LogP contribution is 2.53. The number of aliphatic hydroxyl groups is 1. The van der Waals surface area contributed by atoms with Crippen molar-refractivity contribution < 1.29 is 29.3 Å². The number of benzene rings is 3. The first kappa shape index (κ1) is 36.2. The third kappa shape index (κ3) is 9.40. The molecule has 3 aromatic rings. The molecule has 268 valence electrons. The van der Waals surface area contributed by atoms with Crippen LogP contribution in [0.15, 0.2) is 72.8 Å². The second-order valence-electron chi connectivity index (χ2n) is 16.1. The van der Waals surface area contributed by atoms with Gasteiger partial charge in [-0.25, -0.2) is 0 Å². The number of carbonyl (C=O) groups is 2. The van der Waals surface area contributed by atoms with E-state index in [4.69, 9.17) is 14.6 Å². The number of nitrogens with zero attached hydrogens (tertiary/aromatic N) is 1. The van der Waals surface area contributed by atoms with Crippen LogP contribution in [0.3, 0.4) is 0 Å². The van der Waals surface area contributed by atoms with E-state index in [1.54, 1.807) is 0 Å². The summed E-state index contributed by atoms with van der Waals surface area (Å²) in [6, 6.07) is 25.3. The highest BCUT2D eigenvalue weighted by Gasteiger charge is 2.50. The maximum Gasteiger partial charge on any atom is 0.303 e. The van der Waals surface area contributed by atoms with Gasteiger partial charge in [0.15, 0.2) is 6.29 Å². The molecule has 2 aliphatic heterocycles. The summed E-state index contributed by atoms with van der Waals surface area (Å²) in [5.41, 5.74) is 6.78. The molecule has 3 aromatic carbocycles. The molecule has 1 saturated carbocycles. The lowest BCUT2D eigenvalue weighted by Crippen LogP contribution is -2.42. The summed E-state index contributed by atoms with van der Waals surface area (Å²) in [4.78, 5) is 25.8. The van der Waals surface area contributed by atoms with Gasteiger partial charge in [0.2, 0.25) is 5.91 Å². The van der Waals surface area contributed by atoms with E-state index >= 15 is 0 Å². The third-order valence-corrected chi connectivity index (χ3v) is 10.8. The molecule has 0 spiro atoms. The summed E-state index contributed by atoms with van der Waals surface area (Å²) in [6.07, 6.45) is 6.42. The van der Waals surface area contributed by atoms with Crippen molar-refractivity contribution >= 4 is 11.9 Å². The van der Waals surface area contributed by atoms with Gasteiger partial charge < -0.3 is 25.0 Å². The van der Waals surface area contributed by atoms with Gasteiger partial charge in [0, 0.05) is 50.5 Å². The number of aliphatic carboxylic acids is 1. The highest BCUT2D eigenvalue weighted by atomic mass is 16.7. The molecule has 6 rings (SSSR count). The van der Waals surface area contributed by atoms with E-state index in [9.17, 15) is 14.7 Å². The summed E-state index contributed by atoms with van der Waals surface area (Å²) < 4.78 is 13.5. The zero-order valence-electron chi connectivity index (χ0n) is 29.9. The lowest BCUT2D eigenvalue weighted by Gasteiger charge is -2.41. The van der Waals surface area contributed by atoms with Crippen LogP contribution in [0.1, 0.15) is 113 Å². The van der Waals surface area contributed by atoms with Gasteiger partial charge in [0.25, 0.3) is 0 Å². The number of fused-ring (bicyclic) bond motifs is 2. The summed E-state index contributed by atoms with van der Waals surface area (Å²) in [7, 11) is 0. The second kappa shape index (κ2) is 15.8. The van der Waals surface area contributed by atoms with Crippen LogP contribution in [0, 0.1) is 10.8 Å². The fraction of sp³-hybridized carbons (Fsp3) is 0.524. The van der Waals surface area contributed by atoms with Crippen LogP contribution in [0.25, 0.3) is 11.1 Å². The number of amides is 1. The molecule has 8 nitrogen and oxygen atoms in total. The van der Waals surface area contributed by atoms with E-state index in [1.165, 1.54) is 19.3 Å². The molecular weight excluding hydrogens is 628 g/mol. The van der Waals surface area contributed by atoms with Crippen molar-refractivity contribution in [1.82, 2.24) is 10.2 Å². The number of carbonyl (C=O) groups excluding carboxylic acids is 1. The van der Waals surface area contributed by atoms with Crippen molar-refractivity contribution in [2.24, 2.45) is 10.8 Å². The fourth-order valence-electron chi connectivity index (χ4n) is 8.84. The summed E-state index contributed by atoms with van der Waals surface area (Å²) >= 11 is 0. The first-order chi connectivity index (χ1) is 24.0. The first-order valence-corrected chi connectivity index (χ1v) is 18.4. The monoisotopic (exact) mass is 682 g/mol. The molecule has 2 bridgehead atoms. The number of hydrogen-bond donors (Lipinski definition) is 3. The number of likely N-dealkylation sites (tertiary alicyclic amines) is 1. The van der Waals surface area contributed by atoms with Gasteiger partial charge in [-0.15, -0.1) is 0 Å². The van der Waals surface area contributed by atoms with Crippen molar-refractivity contribution in [1.29, 1.82) is 0 Å². The van der Waals surface area contributed by atoms with Crippen LogP contribution >= 0.6 is 0 Å². The Kier molecular flexibility index (Phi) is 11.4. The van der Waals surface area contributed by atoms with E-state index in [1.807, 2.05) is 24.3 Å². The SMILES string of the molecule is CC1(C)CC2CC(C)(CN2C[C@@H]2C[C@H](c3ccc(CO)cc3)O[C@H](c3cccc(-c4cccc(CNC(=O)CCCCCC(=O)O)c4)c3)O2)C1. The van der Waals surface area contributed by atoms with Crippen LogP contribution < -0.4 is 5.32 Å². The van der Waals surface area contributed by atoms with E-state index < -0.39 is 12.3 Å². The number of carboxylic acid groups (broad SMARTS) is 1. The molecule has 5 atom stereocenters. The Morgan fingerprint density at radius 1 is 0.860 bits per heavy atom. The maximum absolute atomic E-state index is 12.4. The minimum absolute atomic E-state index is 0.00935. The zero-order valence-corrected chi connectivity index (χ0v) is 29.9. The summed E-state index contributed by atoms with van der Waals surface area (Å²) in [5, 5.41) is 21.4. The van der Waals surface area contributed by atoms with Gasteiger partial charge in [-0.3, -0.25) is 14.5 Å². The normalized spacial score (nSPS) is 26.1. The minimum Gasteiger partial charge on any atom is -0.481 e. The van der Waals surface area contributed by atoms with Gasteiger partial charge in [-0.1, -0.05) is 87.9 Å². The summed E-state index contributed by atoms with van der Waals surface area (Å²) in [6.45, 7) is 9.75. The Morgan fingerprint density at radius 2 is 1.60 bits per heavy atom. The van der Waals surface area contributed by atoms with E-state index in [2.05, 4.69) is 79.5 Å². The summed E-state index contributed by atoms with van der Waals surface area (Å²) in [5.74, 6) is -0.819. The molecule has 1 amide bonds. The standard InChI is InChI=1S/C42H54N2O6/c1-41(2)22-35-23-42(3,27-41)28-44(35)25-36-21-37(31-17-15-29(26-45)16-18-31)50-40(49-36)34-12-8-11-33(20-34)32-10-7-9-30(19-32)24-43-38(46)13-5-4-6-14-39(47)48/h7-12,15-20,35-37,40,45H,4-6,13-14,21-28H2,1-3H3,(H,43,46)(H,47,48)/t35?,36-,37+,40+,42?/m0/s1. The Hall–Kier alpha value is -3.56. The lowest BCUT2D eigenvalue weighted by atomic mass is 9.65. The van der Waals surface area contributed by atoms with Crippen LogP contribution in [0.4, 0.5) is 0 Å². The minimum atomic E-state index is -0.796. The lowest BCUT2D eigenvalue weighted by molar-refractivity contribution is -0.253. The maximum atomic E-state index is 12.4. The number of rotatable bonds is 14. The van der Waals surface area contributed by atoms with Gasteiger partial charge >= 0.3 is 5.97 Å². The molecule has 0 aromatic heterocycles. The molecule has 1 aliphatic carbocycles. The van der Waals surface area contributed by atoms with Crippen molar-refractivity contribution in [2.45, 2.75) is 116 Å². The van der Waals surface area contributed by atoms with Crippen molar-refractivity contribution in [3.63, 3.8) is 0 Å². The van der Waals surface area contributed by atoms with Crippen LogP contribution in [-0.4, -0.2) is 52.2 Å². The van der Waals surface area contributed by atoms with Gasteiger partial charge in [0.05, 0.1) is 18.8 Å². The number of aliphatic hydroxyl groups excluding tert-OH is 1. The number of nitrogens with one attached hydrogen (secondary N) is 1. The largest absolute Gasteiger partial charge is 0.481 e. The fourth-order valence-corrected chi connectivity index (χ4v) is 8.84. The molecular formula is C42H54N2O6. The van der Waals surface area contributed by atoms with Crippen molar-refractivity contribution in [3.8, 4) is 11.1 Å². The van der Waals surface area contributed by atoms with Crippen molar-refractivity contribution in [2.75, 3.05) is 13.1 Å². The number of hydrogen-bond acceptors (Lipinski definition) is 6. The quantitative estimate of drug-likeness (QED) is 0.148. The zero-order chi connectivity index (χ0) is 35.3. The Balaban J connectivity index is 1.15. The Morgan fingerprint density at radius 3 is 2.36 bits per heavy atom. The Labute approximate surface area is 297 Å². The van der Waals surface area contributed by atoms with Crippen LogP contribution in [0.5, 0.6) is 0 Å². The van der Waals surface area contributed by atoms with Crippen LogP contribution in [0.2, 0.25) is 0 Å². The third-order valence-electron chi connectivity index (χ3n) is 10.8. The molecule has 50 heavy (non-hydrogen) atoms. The molecule has 2 saturated heterocycles. The van der Waals surface area contributed by atoms with Crippen molar-refractivity contribution in [3.05, 3.63) is 95.1 Å². The predicted molar refractivity (Wildman–Crippen MR) is 194 cm³/mol. The van der Waals surface area contributed by atoms with Crippen LogP contribution in [-0.2, 0) is 32.2 Å². The molecule has 0 radical (unpaired) electrons. The van der Waals surface area contributed by atoms with Gasteiger partial charge in [0.1, 0.15) is 0 Å². The second-order valence-corrected chi connectivity index (χ2v) is 16.1. The van der Waals surface area contributed by atoms with E-state index in [0.717, 1.165) is 59.3 Å². The van der Waals surface area contributed by atoms with E-state index in [-0.39, 0.29) is 31.1 Å². The first-order valence-electron chi connectivity index (χ1n) is 18.4. The highest BCUT2D eigenvalue weighted by molar-refractivity contribution is 5.76. The van der Waals surface area contributed by atoms with Gasteiger partial charge in [-0.2, -0.15) is 0 Å². The predicted octanol–water partition coefficient (Wildman–Crippen LogP) is 7.94. The number of ether oxygens (including phenoxy) is 2. The molecule has 2 unspecified atom stereocenters. The molecule has 3 aliphatic rings. The molecule has 2 heterocycles. The Bertz CT molecular complexity index is 1620. The van der Waals surface area contributed by atoms with E-state index in [0.29, 0.717) is 42.7 Å². The topological polar surface area (TPSA) is 108 Å². The number of unbranched alkanes of at least 4 members (excludes halogenated alkanes) is 2. The number of carboxylic acids is 1. The molecule has 8 heteroatoms. The average Bonchev–Trinajstić information content (AvgIpc) is 3.33. The van der Waals surface area contributed by atoms with Gasteiger partial charge in [-0.05, 0) is 82.9 Å². The molecule has 3 fully saturated rings. The molecule has 3 N–H and O–H groups in total. The average molecular weight is 683 g/mol. The smallest absolute Gasteiger partial charge is 0.303 e.